The van der Waals surface area contributed by atoms with Crippen LogP contribution in [0.25, 0.3) is 0 Å². The van der Waals surface area contributed by atoms with Gasteiger partial charge in [-0.2, -0.15) is 0 Å². The maximum absolute atomic E-state index is 12.8. The highest BCUT2D eigenvalue weighted by Crippen LogP contribution is 2.32. The number of amides is 2. The van der Waals surface area contributed by atoms with Crippen molar-refractivity contribution in [3.8, 4) is 11.5 Å². The monoisotopic (exact) mass is 382 g/mol. The molecular weight excluding hydrogens is 360 g/mol. The number of carbonyl (C=O) groups excluding carboxylic acids is 2. The minimum Gasteiger partial charge on any atom is -0.454 e. The van der Waals surface area contributed by atoms with E-state index in [4.69, 9.17) is 14.2 Å². The first-order valence-electron chi connectivity index (χ1n) is 9.15. The van der Waals surface area contributed by atoms with E-state index < -0.39 is 0 Å². The number of hydrogen-bond donors (Lipinski definition) is 1. The van der Waals surface area contributed by atoms with Crippen molar-refractivity contribution >= 4 is 17.5 Å². The Labute approximate surface area is 163 Å². The van der Waals surface area contributed by atoms with Gasteiger partial charge >= 0.3 is 0 Å². The highest BCUT2D eigenvalue weighted by atomic mass is 16.7. The van der Waals surface area contributed by atoms with Gasteiger partial charge in [0.05, 0.1) is 18.8 Å². The zero-order chi connectivity index (χ0) is 19.7. The third-order valence-corrected chi connectivity index (χ3v) is 4.91. The average molecular weight is 382 g/mol. The van der Waals surface area contributed by atoms with Crippen LogP contribution < -0.4 is 14.8 Å². The summed E-state index contributed by atoms with van der Waals surface area (Å²) in [5.41, 5.74) is 1.32. The molecule has 0 aromatic heterocycles. The second-order valence-electron chi connectivity index (χ2n) is 7.42. The number of anilines is 1. The van der Waals surface area contributed by atoms with E-state index in [1.807, 2.05) is 18.7 Å². The Morgan fingerprint density at radius 1 is 1.00 bits per heavy atom. The van der Waals surface area contributed by atoms with Gasteiger partial charge in [0.2, 0.25) is 6.79 Å². The molecule has 0 saturated carbocycles. The Bertz CT molecular complexity index is 908. The molecule has 0 aliphatic carbocycles. The zero-order valence-electron chi connectivity index (χ0n) is 15.9. The summed E-state index contributed by atoms with van der Waals surface area (Å²) in [6.45, 7) is 5.76. The van der Waals surface area contributed by atoms with Gasteiger partial charge in [0, 0.05) is 23.4 Å². The molecule has 28 heavy (non-hydrogen) atoms. The molecule has 0 radical (unpaired) electrons. The van der Waals surface area contributed by atoms with Crippen LogP contribution >= 0.6 is 0 Å². The standard InChI is InChI=1S/C21H22N2O5/c1-21(2)12-26-10-9-23(21)20(25)14-3-6-16(7-4-14)22-19(24)15-5-8-17-18(11-15)28-13-27-17/h3-8,11H,9-10,12-13H2,1-2H3,(H,22,24). The quantitative estimate of drug-likeness (QED) is 0.883. The molecule has 2 aromatic rings. The third-order valence-electron chi connectivity index (χ3n) is 4.91. The first-order chi connectivity index (χ1) is 13.4. The summed E-state index contributed by atoms with van der Waals surface area (Å²) in [6, 6.07) is 11.9. The third kappa shape index (κ3) is 3.53. The molecule has 146 valence electrons. The summed E-state index contributed by atoms with van der Waals surface area (Å²) in [5.74, 6) is 0.890. The Kier molecular flexibility index (Phi) is 4.68. The molecule has 0 bridgehead atoms. The minimum atomic E-state index is -0.346. The number of hydrogen-bond acceptors (Lipinski definition) is 5. The molecule has 4 rings (SSSR count). The number of nitrogens with zero attached hydrogens (tertiary/aromatic N) is 1. The number of nitrogens with one attached hydrogen (secondary N) is 1. The maximum Gasteiger partial charge on any atom is 0.255 e. The van der Waals surface area contributed by atoms with Crippen molar-refractivity contribution < 1.29 is 23.8 Å². The van der Waals surface area contributed by atoms with Crippen LogP contribution in [0.2, 0.25) is 0 Å². The molecule has 2 amide bonds. The van der Waals surface area contributed by atoms with Crippen molar-refractivity contribution in [2.75, 3.05) is 31.9 Å². The smallest absolute Gasteiger partial charge is 0.255 e. The number of benzene rings is 2. The van der Waals surface area contributed by atoms with Crippen molar-refractivity contribution in [2.45, 2.75) is 19.4 Å². The van der Waals surface area contributed by atoms with E-state index in [9.17, 15) is 9.59 Å². The number of fused-ring (bicyclic) bond motifs is 1. The van der Waals surface area contributed by atoms with Gasteiger partial charge in [0.25, 0.3) is 11.8 Å². The van der Waals surface area contributed by atoms with Crippen molar-refractivity contribution in [3.05, 3.63) is 53.6 Å². The van der Waals surface area contributed by atoms with Gasteiger partial charge in [0.15, 0.2) is 11.5 Å². The summed E-state index contributed by atoms with van der Waals surface area (Å²) in [4.78, 5) is 27.1. The normalized spacial score (nSPS) is 17.3. The van der Waals surface area contributed by atoms with Gasteiger partial charge in [-0.25, -0.2) is 0 Å². The molecule has 0 spiro atoms. The fourth-order valence-corrected chi connectivity index (χ4v) is 3.33. The van der Waals surface area contributed by atoms with Gasteiger partial charge in [-0.1, -0.05) is 0 Å². The van der Waals surface area contributed by atoms with Gasteiger partial charge in [-0.3, -0.25) is 9.59 Å². The van der Waals surface area contributed by atoms with Crippen LogP contribution in [0.4, 0.5) is 5.69 Å². The molecule has 7 nitrogen and oxygen atoms in total. The number of morpholine rings is 1. The Balaban J connectivity index is 1.44. The van der Waals surface area contributed by atoms with E-state index in [0.717, 1.165) is 0 Å². The lowest BCUT2D eigenvalue weighted by Crippen LogP contribution is -2.55. The van der Waals surface area contributed by atoms with Crippen LogP contribution in [-0.4, -0.2) is 48.8 Å². The Hall–Kier alpha value is -3.06. The Morgan fingerprint density at radius 2 is 1.71 bits per heavy atom. The fraction of sp³-hybridized carbons (Fsp3) is 0.333. The van der Waals surface area contributed by atoms with Gasteiger partial charge < -0.3 is 24.4 Å². The van der Waals surface area contributed by atoms with Crippen LogP contribution in [0.15, 0.2) is 42.5 Å². The van der Waals surface area contributed by atoms with E-state index in [0.29, 0.717) is 48.1 Å². The second kappa shape index (κ2) is 7.16. The van der Waals surface area contributed by atoms with Crippen LogP contribution in [0, 0.1) is 0 Å². The Morgan fingerprint density at radius 3 is 2.46 bits per heavy atom. The maximum atomic E-state index is 12.8. The SMILES string of the molecule is CC1(C)COCCN1C(=O)c1ccc(NC(=O)c2ccc3c(c2)OCO3)cc1. The fourth-order valence-electron chi connectivity index (χ4n) is 3.33. The van der Waals surface area contributed by atoms with Crippen molar-refractivity contribution in [1.82, 2.24) is 4.90 Å². The molecule has 2 aliphatic rings. The first kappa shape index (κ1) is 18.3. The van der Waals surface area contributed by atoms with E-state index in [1.165, 1.54) is 0 Å². The number of ether oxygens (including phenoxy) is 3. The van der Waals surface area contributed by atoms with Gasteiger partial charge in [-0.15, -0.1) is 0 Å². The molecule has 2 heterocycles. The molecule has 2 aliphatic heterocycles. The predicted octanol–water partition coefficient (Wildman–Crippen LogP) is 2.92. The summed E-state index contributed by atoms with van der Waals surface area (Å²) in [6.07, 6.45) is 0. The molecule has 1 saturated heterocycles. The summed E-state index contributed by atoms with van der Waals surface area (Å²) in [7, 11) is 0. The molecule has 0 atom stereocenters. The lowest BCUT2D eigenvalue weighted by molar-refractivity contribution is -0.0370. The summed E-state index contributed by atoms with van der Waals surface area (Å²) < 4.78 is 16.0. The molecule has 1 N–H and O–H groups in total. The van der Waals surface area contributed by atoms with Crippen molar-refractivity contribution in [3.63, 3.8) is 0 Å². The zero-order valence-corrected chi connectivity index (χ0v) is 15.9. The lowest BCUT2D eigenvalue weighted by atomic mass is 10.0. The van der Waals surface area contributed by atoms with E-state index in [2.05, 4.69) is 5.32 Å². The lowest BCUT2D eigenvalue weighted by Gasteiger charge is -2.42. The van der Waals surface area contributed by atoms with E-state index >= 15 is 0 Å². The summed E-state index contributed by atoms with van der Waals surface area (Å²) >= 11 is 0. The van der Waals surface area contributed by atoms with Gasteiger partial charge in [-0.05, 0) is 56.3 Å². The van der Waals surface area contributed by atoms with Crippen LogP contribution in [0.5, 0.6) is 11.5 Å². The van der Waals surface area contributed by atoms with Crippen LogP contribution in [0.1, 0.15) is 34.6 Å². The van der Waals surface area contributed by atoms with Crippen molar-refractivity contribution in [1.29, 1.82) is 0 Å². The van der Waals surface area contributed by atoms with Crippen molar-refractivity contribution in [2.24, 2.45) is 0 Å². The topological polar surface area (TPSA) is 77.1 Å². The highest BCUT2D eigenvalue weighted by Gasteiger charge is 2.34. The number of rotatable bonds is 3. The molecule has 7 heteroatoms. The minimum absolute atomic E-state index is 0.0399. The number of carbonyl (C=O) groups is 2. The van der Waals surface area contributed by atoms with Crippen LogP contribution in [0.3, 0.4) is 0 Å². The molecular formula is C21H22N2O5. The van der Waals surface area contributed by atoms with E-state index in [1.54, 1.807) is 42.5 Å². The largest absolute Gasteiger partial charge is 0.454 e. The van der Waals surface area contributed by atoms with Crippen LogP contribution in [-0.2, 0) is 4.74 Å². The summed E-state index contributed by atoms with van der Waals surface area (Å²) in [5, 5.41) is 2.83. The molecule has 0 unspecified atom stereocenters. The van der Waals surface area contributed by atoms with E-state index in [-0.39, 0.29) is 24.1 Å². The molecule has 1 fully saturated rings. The highest BCUT2D eigenvalue weighted by molar-refractivity contribution is 6.05. The molecule has 2 aromatic carbocycles. The predicted molar refractivity (Wildman–Crippen MR) is 103 cm³/mol. The average Bonchev–Trinajstić information content (AvgIpc) is 3.15. The second-order valence-corrected chi connectivity index (χ2v) is 7.42. The van der Waals surface area contributed by atoms with Gasteiger partial charge in [0.1, 0.15) is 0 Å². The first-order valence-corrected chi connectivity index (χ1v) is 9.15.